The molecule has 144 valence electrons. The molecule has 1 fully saturated rings. The van der Waals surface area contributed by atoms with Gasteiger partial charge in [-0.15, -0.1) is 0 Å². The second-order valence-corrected chi connectivity index (χ2v) is 6.80. The lowest BCUT2D eigenvalue weighted by Gasteiger charge is -2.55. The average molecular weight is 361 g/mol. The van der Waals surface area contributed by atoms with Crippen molar-refractivity contribution < 1.29 is 9.53 Å². The fraction of sp³-hybridized carbons (Fsp3) is 0.600. The average Bonchev–Trinajstić information content (AvgIpc) is 2.65. The van der Waals surface area contributed by atoms with Crippen LogP contribution in [0.1, 0.15) is 56.0 Å². The molecule has 0 spiro atoms. The number of carbonyl (C=O) groups is 1. The number of amides is 1. The SMILES string of the molecule is CCOC1CC(NC(=NC)NCc2ccc(C(N)=O)cc2)C1(CC)CC. The maximum Gasteiger partial charge on any atom is 0.248 e. The number of hydrogen-bond donors (Lipinski definition) is 3. The minimum absolute atomic E-state index is 0.163. The summed E-state index contributed by atoms with van der Waals surface area (Å²) in [5.41, 5.74) is 7.02. The summed E-state index contributed by atoms with van der Waals surface area (Å²) in [5.74, 6) is 0.376. The summed E-state index contributed by atoms with van der Waals surface area (Å²) >= 11 is 0. The van der Waals surface area contributed by atoms with E-state index in [0.717, 1.165) is 37.4 Å². The minimum atomic E-state index is -0.411. The molecule has 1 aromatic rings. The van der Waals surface area contributed by atoms with Crippen LogP contribution < -0.4 is 16.4 Å². The Hall–Kier alpha value is -2.08. The molecular formula is C20H32N4O2. The van der Waals surface area contributed by atoms with Crippen LogP contribution >= 0.6 is 0 Å². The smallest absolute Gasteiger partial charge is 0.248 e. The first-order chi connectivity index (χ1) is 12.5. The molecule has 0 aliphatic heterocycles. The van der Waals surface area contributed by atoms with Gasteiger partial charge in [-0.25, -0.2) is 0 Å². The van der Waals surface area contributed by atoms with Crippen LogP contribution in [0.3, 0.4) is 0 Å². The second-order valence-electron chi connectivity index (χ2n) is 6.80. The number of aliphatic imine (C=N–C) groups is 1. The lowest BCUT2D eigenvalue weighted by atomic mass is 9.58. The van der Waals surface area contributed by atoms with Crippen molar-refractivity contribution in [2.24, 2.45) is 16.1 Å². The van der Waals surface area contributed by atoms with Gasteiger partial charge in [-0.05, 0) is 43.9 Å². The number of nitrogens with two attached hydrogens (primary N) is 1. The van der Waals surface area contributed by atoms with E-state index >= 15 is 0 Å². The molecule has 1 saturated carbocycles. The van der Waals surface area contributed by atoms with Crippen LogP contribution in [-0.4, -0.2) is 37.7 Å². The molecule has 6 nitrogen and oxygen atoms in total. The Morgan fingerprint density at radius 1 is 1.27 bits per heavy atom. The third kappa shape index (κ3) is 4.18. The summed E-state index contributed by atoms with van der Waals surface area (Å²) in [6, 6.07) is 7.65. The normalized spacial score (nSPS) is 21.8. The van der Waals surface area contributed by atoms with Gasteiger partial charge in [-0.1, -0.05) is 26.0 Å². The Balaban J connectivity index is 1.94. The molecule has 1 amide bonds. The molecule has 6 heteroatoms. The van der Waals surface area contributed by atoms with Crippen LogP contribution in [-0.2, 0) is 11.3 Å². The number of ether oxygens (including phenoxy) is 1. The summed E-state index contributed by atoms with van der Waals surface area (Å²) in [5, 5.41) is 6.92. The van der Waals surface area contributed by atoms with Gasteiger partial charge in [0.05, 0.1) is 6.10 Å². The third-order valence-corrected chi connectivity index (χ3v) is 5.70. The molecule has 0 radical (unpaired) electrons. The van der Waals surface area contributed by atoms with Crippen LogP contribution in [0.5, 0.6) is 0 Å². The zero-order chi connectivity index (χ0) is 19.2. The lowest BCUT2D eigenvalue weighted by Crippen LogP contribution is -2.65. The molecule has 2 atom stereocenters. The van der Waals surface area contributed by atoms with Crippen LogP contribution in [0, 0.1) is 5.41 Å². The number of guanidine groups is 1. The van der Waals surface area contributed by atoms with Crippen molar-refractivity contribution in [3.63, 3.8) is 0 Å². The van der Waals surface area contributed by atoms with Crippen molar-refractivity contribution >= 4 is 11.9 Å². The Morgan fingerprint density at radius 3 is 2.42 bits per heavy atom. The molecule has 1 aliphatic carbocycles. The zero-order valence-corrected chi connectivity index (χ0v) is 16.3. The van der Waals surface area contributed by atoms with Crippen LogP contribution in [0.4, 0.5) is 0 Å². The highest BCUT2D eigenvalue weighted by molar-refractivity contribution is 5.92. The number of rotatable bonds is 8. The van der Waals surface area contributed by atoms with E-state index in [9.17, 15) is 4.79 Å². The maximum atomic E-state index is 11.1. The van der Waals surface area contributed by atoms with E-state index in [1.807, 2.05) is 12.1 Å². The molecule has 26 heavy (non-hydrogen) atoms. The molecule has 2 unspecified atom stereocenters. The van der Waals surface area contributed by atoms with Crippen LogP contribution in [0.2, 0.25) is 0 Å². The van der Waals surface area contributed by atoms with E-state index in [1.54, 1.807) is 19.2 Å². The van der Waals surface area contributed by atoms with E-state index < -0.39 is 5.91 Å². The van der Waals surface area contributed by atoms with Crippen LogP contribution in [0.15, 0.2) is 29.3 Å². The van der Waals surface area contributed by atoms with Crippen molar-refractivity contribution in [1.29, 1.82) is 0 Å². The molecule has 0 bridgehead atoms. The second kappa shape index (κ2) is 9.03. The monoisotopic (exact) mass is 360 g/mol. The van der Waals surface area contributed by atoms with Gasteiger partial charge < -0.3 is 21.1 Å². The standard InChI is InChI=1S/C20H32N4O2/c1-5-20(6-2)16(12-17(20)26-7-3)24-19(22-4)23-13-14-8-10-15(11-9-14)18(21)25/h8-11,16-17H,5-7,12-13H2,1-4H3,(H2,21,25)(H2,22,23,24). The predicted octanol–water partition coefficient (Wildman–Crippen LogP) is 2.43. The van der Waals surface area contributed by atoms with E-state index in [0.29, 0.717) is 24.3 Å². The number of carbonyl (C=O) groups excluding carboxylic acids is 1. The topological polar surface area (TPSA) is 88.7 Å². The van der Waals surface area contributed by atoms with E-state index in [-0.39, 0.29) is 5.41 Å². The highest BCUT2D eigenvalue weighted by Gasteiger charge is 2.53. The highest BCUT2D eigenvalue weighted by atomic mass is 16.5. The quantitative estimate of drug-likeness (QED) is 0.491. The molecule has 0 saturated heterocycles. The Bertz CT molecular complexity index is 623. The third-order valence-electron chi connectivity index (χ3n) is 5.70. The lowest BCUT2D eigenvalue weighted by molar-refractivity contribution is -0.133. The molecular weight excluding hydrogens is 328 g/mol. The molecule has 0 aromatic heterocycles. The first-order valence-corrected chi connectivity index (χ1v) is 9.48. The maximum absolute atomic E-state index is 11.1. The largest absolute Gasteiger partial charge is 0.378 e. The van der Waals surface area contributed by atoms with E-state index in [1.165, 1.54) is 0 Å². The van der Waals surface area contributed by atoms with Gasteiger partial charge in [0.1, 0.15) is 0 Å². The van der Waals surface area contributed by atoms with Crippen molar-refractivity contribution in [3.8, 4) is 0 Å². The first kappa shape index (κ1) is 20.2. The van der Waals surface area contributed by atoms with Gasteiger partial charge in [-0.2, -0.15) is 0 Å². The number of benzene rings is 1. The summed E-state index contributed by atoms with van der Waals surface area (Å²) in [4.78, 5) is 15.5. The number of nitrogens with one attached hydrogen (secondary N) is 2. The first-order valence-electron chi connectivity index (χ1n) is 9.48. The molecule has 2 rings (SSSR count). The van der Waals surface area contributed by atoms with Crippen molar-refractivity contribution in [2.75, 3.05) is 13.7 Å². The number of primary amides is 1. The van der Waals surface area contributed by atoms with Crippen molar-refractivity contribution in [1.82, 2.24) is 10.6 Å². The van der Waals surface area contributed by atoms with Gasteiger partial charge in [0.2, 0.25) is 5.91 Å². The van der Waals surface area contributed by atoms with E-state index in [2.05, 4.69) is 36.4 Å². The van der Waals surface area contributed by atoms with Gasteiger partial charge in [0.25, 0.3) is 0 Å². The minimum Gasteiger partial charge on any atom is -0.378 e. The summed E-state index contributed by atoms with van der Waals surface area (Å²) in [7, 11) is 1.78. The van der Waals surface area contributed by atoms with Gasteiger partial charge >= 0.3 is 0 Å². The van der Waals surface area contributed by atoms with Gasteiger partial charge in [-0.3, -0.25) is 9.79 Å². The van der Waals surface area contributed by atoms with E-state index in [4.69, 9.17) is 10.5 Å². The fourth-order valence-electron chi connectivity index (χ4n) is 3.92. The van der Waals surface area contributed by atoms with Crippen molar-refractivity contribution in [3.05, 3.63) is 35.4 Å². The Kier molecular flexibility index (Phi) is 7.03. The summed E-state index contributed by atoms with van der Waals surface area (Å²) in [6.45, 7) is 7.92. The summed E-state index contributed by atoms with van der Waals surface area (Å²) in [6.07, 6.45) is 3.48. The molecule has 1 aliphatic rings. The Labute approximate surface area is 156 Å². The fourth-order valence-corrected chi connectivity index (χ4v) is 3.92. The highest BCUT2D eigenvalue weighted by Crippen LogP contribution is 2.48. The van der Waals surface area contributed by atoms with Gasteiger partial charge in [0, 0.05) is 37.2 Å². The molecule has 0 heterocycles. The molecule has 4 N–H and O–H groups in total. The molecule has 1 aromatic carbocycles. The van der Waals surface area contributed by atoms with Crippen molar-refractivity contribution in [2.45, 2.75) is 58.7 Å². The predicted molar refractivity (Wildman–Crippen MR) is 105 cm³/mol. The number of hydrogen-bond acceptors (Lipinski definition) is 3. The van der Waals surface area contributed by atoms with Crippen LogP contribution in [0.25, 0.3) is 0 Å². The number of nitrogens with zero attached hydrogens (tertiary/aromatic N) is 1. The summed E-state index contributed by atoms with van der Waals surface area (Å²) < 4.78 is 5.94. The van der Waals surface area contributed by atoms with Gasteiger partial charge in [0.15, 0.2) is 5.96 Å². The Morgan fingerprint density at radius 2 is 1.92 bits per heavy atom. The zero-order valence-electron chi connectivity index (χ0n) is 16.3.